The summed E-state index contributed by atoms with van der Waals surface area (Å²) in [6.45, 7) is 0.523. The maximum absolute atomic E-state index is 11.2. The molecule has 0 aliphatic rings. The van der Waals surface area contributed by atoms with Crippen LogP contribution >= 0.6 is 11.3 Å². The number of carbonyl (C=O) groups is 1. The van der Waals surface area contributed by atoms with E-state index in [9.17, 15) is 4.79 Å². The number of thiazole rings is 1. The van der Waals surface area contributed by atoms with Gasteiger partial charge in [0.25, 0.3) is 0 Å². The number of ketones is 1. The van der Waals surface area contributed by atoms with E-state index in [2.05, 4.69) is 4.98 Å². The third-order valence-electron chi connectivity index (χ3n) is 1.43. The first kappa shape index (κ1) is 9.84. The standard InChI is InChI=1S/C8H9N3OS/c9-3-1-6-5-13-8(11-6)7(12)2-4-10/h5H,1-3,9H2. The van der Waals surface area contributed by atoms with E-state index in [0.717, 1.165) is 5.69 Å². The molecule has 0 saturated carbocycles. The molecule has 68 valence electrons. The number of carbonyl (C=O) groups excluding carboxylic acids is 1. The van der Waals surface area contributed by atoms with Crippen molar-refractivity contribution in [2.75, 3.05) is 6.54 Å². The number of nitrogens with zero attached hydrogens (tertiary/aromatic N) is 2. The van der Waals surface area contributed by atoms with Crippen LogP contribution in [0.2, 0.25) is 0 Å². The van der Waals surface area contributed by atoms with Gasteiger partial charge in [0.1, 0.15) is 6.42 Å². The predicted molar refractivity (Wildman–Crippen MR) is 49.4 cm³/mol. The van der Waals surface area contributed by atoms with Crippen molar-refractivity contribution in [1.82, 2.24) is 4.98 Å². The first-order chi connectivity index (χ1) is 6.27. The molecule has 0 amide bonds. The Balaban J connectivity index is 2.69. The Bertz CT molecular complexity index is 339. The van der Waals surface area contributed by atoms with E-state index < -0.39 is 0 Å². The zero-order valence-electron chi connectivity index (χ0n) is 6.99. The average molecular weight is 195 g/mol. The van der Waals surface area contributed by atoms with E-state index in [1.165, 1.54) is 11.3 Å². The van der Waals surface area contributed by atoms with Gasteiger partial charge in [-0.05, 0) is 6.54 Å². The van der Waals surface area contributed by atoms with Crippen LogP contribution in [-0.4, -0.2) is 17.3 Å². The van der Waals surface area contributed by atoms with Crippen molar-refractivity contribution in [2.24, 2.45) is 5.73 Å². The third-order valence-corrected chi connectivity index (χ3v) is 2.36. The van der Waals surface area contributed by atoms with Crippen molar-refractivity contribution >= 4 is 17.1 Å². The predicted octanol–water partition coefficient (Wildman–Crippen LogP) is 0.741. The monoisotopic (exact) mass is 195 g/mol. The molecule has 2 N–H and O–H groups in total. The van der Waals surface area contributed by atoms with E-state index in [4.69, 9.17) is 11.0 Å². The molecule has 0 fully saturated rings. The lowest BCUT2D eigenvalue weighted by Gasteiger charge is -1.88. The van der Waals surface area contributed by atoms with Crippen LogP contribution in [0.25, 0.3) is 0 Å². The molecule has 13 heavy (non-hydrogen) atoms. The minimum atomic E-state index is -0.212. The van der Waals surface area contributed by atoms with Gasteiger partial charge in [0.2, 0.25) is 5.78 Å². The second-order valence-electron chi connectivity index (χ2n) is 2.44. The minimum absolute atomic E-state index is 0.102. The number of nitriles is 1. The van der Waals surface area contributed by atoms with Crippen LogP contribution in [0.1, 0.15) is 21.9 Å². The summed E-state index contributed by atoms with van der Waals surface area (Å²) in [7, 11) is 0. The van der Waals surface area contributed by atoms with Gasteiger partial charge in [-0.2, -0.15) is 5.26 Å². The molecule has 0 atom stereocenters. The molecule has 0 aliphatic heterocycles. The van der Waals surface area contributed by atoms with Crippen LogP contribution in [-0.2, 0) is 6.42 Å². The highest BCUT2D eigenvalue weighted by Crippen LogP contribution is 2.11. The van der Waals surface area contributed by atoms with E-state index in [1.54, 1.807) is 11.4 Å². The van der Waals surface area contributed by atoms with Gasteiger partial charge in [-0.1, -0.05) is 0 Å². The van der Waals surface area contributed by atoms with E-state index in [1.807, 2.05) is 0 Å². The van der Waals surface area contributed by atoms with Crippen LogP contribution in [0.3, 0.4) is 0 Å². The first-order valence-electron chi connectivity index (χ1n) is 3.82. The average Bonchev–Trinajstić information content (AvgIpc) is 2.54. The molecule has 5 heteroatoms. The highest BCUT2D eigenvalue weighted by atomic mass is 32.1. The van der Waals surface area contributed by atoms with E-state index in [0.29, 0.717) is 18.0 Å². The fraction of sp³-hybridized carbons (Fsp3) is 0.375. The molecule has 0 spiro atoms. The summed E-state index contributed by atoms with van der Waals surface area (Å²) >= 11 is 1.27. The molecular formula is C8H9N3OS. The Kier molecular flexibility index (Phi) is 3.55. The lowest BCUT2D eigenvalue weighted by molar-refractivity contribution is 0.0997. The normalized spacial score (nSPS) is 9.54. The Labute approximate surface area is 80.0 Å². The van der Waals surface area contributed by atoms with Gasteiger partial charge in [-0.25, -0.2) is 4.98 Å². The zero-order chi connectivity index (χ0) is 9.68. The molecule has 1 rings (SSSR count). The molecule has 0 saturated heterocycles. The quantitative estimate of drug-likeness (QED) is 0.718. The second-order valence-corrected chi connectivity index (χ2v) is 3.30. The Hall–Kier alpha value is -1.25. The van der Waals surface area contributed by atoms with Gasteiger partial charge < -0.3 is 5.73 Å². The van der Waals surface area contributed by atoms with Crippen molar-refractivity contribution < 1.29 is 4.79 Å². The lowest BCUT2D eigenvalue weighted by atomic mass is 10.3. The van der Waals surface area contributed by atoms with Crippen LogP contribution in [0.4, 0.5) is 0 Å². The Morgan fingerprint density at radius 3 is 3.15 bits per heavy atom. The van der Waals surface area contributed by atoms with E-state index in [-0.39, 0.29) is 12.2 Å². The van der Waals surface area contributed by atoms with Crippen LogP contribution in [0, 0.1) is 11.3 Å². The van der Waals surface area contributed by atoms with Gasteiger partial charge >= 0.3 is 0 Å². The summed E-state index contributed by atoms with van der Waals surface area (Å²) in [6.07, 6.45) is 0.575. The van der Waals surface area contributed by atoms with Gasteiger partial charge in [-0.15, -0.1) is 11.3 Å². The van der Waals surface area contributed by atoms with Crippen molar-refractivity contribution in [3.8, 4) is 6.07 Å². The number of aromatic nitrogens is 1. The number of hydrogen-bond donors (Lipinski definition) is 1. The maximum Gasteiger partial charge on any atom is 0.205 e. The van der Waals surface area contributed by atoms with Crippen LogP contribution in [0.5, 0.6) is 0 Å². The van der Waals surface area contributed by atoms with Crippen molar-refractivity contribution in [3.05, 3.63) is 16.1 Å². The van der Waals surface area contributed by atoms with Gasteiger partial charge in [0, 0.05) is 11.8 Å². The smallest absolute Gasteiger partial charge is 0.205 e. The number of nitrogens with two attached hydrogens (primary N) is 1. The summed E-state index contributed by atoms with van der Waals surface area (Å²) in [6, 6.07) is 1.80. The molecule has 1 aromatic heterocycles. The fourth-order valence-corrected chi connectivity index (χ4v) is 1.64. The third kappa shape index (κ3) is 2.61. The lowest BCUT2D eigenvalue weighted by Crippen LogP contribution is -2.03. The van der Waals surface area contributed by atoms with E-state index >= 15 is 0 Å². The van der Waals surface area contributed by atoms with Crippen LogP contribution in [0.15, 0.2) is 5.38 Å². The summed E-state index contributed by atoms with van der Waals surface area (Å²) in [5.74, 6) is -0.212. The molecule has 0 unspecified atom stereocenters. The zero-order valence-corrected chi connectivity index (χ0v) is 7.80. The van der Waals surface area contributed by atoms with Gasteiger partial charge in [0.05, 0.1) is 11.8 Å². The van der Waals surface area contributed by atoms with Crippen LogP contribution < -0.4 is 5.73 Å². The Morgan fingerprint density at radius 2 is 2.54 bits per heavy atom. The highest BCUT2D eigenvalue weighted by Gasteiger charge is 2.09. The van der Waals surface area contributed by atoms with Crippen molar-refractivity contribution in [3.63, 3.8) is 0 Å². The molecule has 4 nitrogen and oxygen atoms in total. The summed E-state index contributed by atoms with van der Waals surface area (Å²) in [5.41, 5.74) is 6.16. The molecule has 1 heterocycles. The number of rotatable bonds is 4. The number of hydrogen-bond acceptors (Lipinski definition) is 5. The largest absolute Gasteiger partial charge is 0.330 e. The fourth-order valence-electron chi connectivity index (χ4n) is 0.845. The summed E-state index contributed by atoms with van der Waals surface area (Å²) < 4.78 is 0. The molecule has 0 aliphatic carbocycles. The van der Waals surface area contributed by atoms with Gasteiger partial charge in [-0.3, -0.25) is 4.79 Å². The molecular weight excluding hydrogens is 186 g/mol. The molecule has 0 bridgehead atoms. The topological polar surface area (TPSA) is 79.8 Å². The molecule has 0 radical (unpaired) electrons. The first-order valence-corrected chi connectivity index (χ1v) is 4.70. The maximum atomic E-state index is 11.2. The second kappa shape index (κ2) is 4.70. The SMILES string of the molecule is N#CCC(=O)c1nc(CCN)cs1. The molecule has 1 aromatic rings. The Morgan fingerprint density at radius 1 is 1.77 bits per heavy atom. The van der Waals surface area contributed by atoms with Gasteiger partial charge in [0.15, 0.2) is 5.01 Å². The highest BCUT2D eigenvalue weighted by molar-refractivity contribution is 7.11. The summed E-state index contributed by atoms with van der Waals surface area (Å²) in [4.78, 5) is 15.2. The van der Waals surface area contributed by atoms with Crippen molar-refractivity contribution in [1.29, 1.82) is 5.26 Å². The minimum Gasteiger partial charge on any atom is -0.330 e. The van der Waals surface area contributed by atoms with Crippen molar-refractivity contribution in [2.45, 2.75) is 12.8 Å². The summed E-state index contributed by atoms with van der Waals surface area (Å²) in [5, 5.41) is 10.5. The molecule has 0 aromatic carbocycles. The number of Topliss-reactive ketones (excluding diaryl/α,β-unsaturated/α-hetero) is 1.